The number of rotatable bonds is 0. The Kier molecular flexibility index (Phi) is 1.16. The van der Waals surface area contributed by atoms with Crippen LogP contribution in [0.4, 0.5) is 0 Å². The van der Waals surface area contributed by atoms with Crippen LogP contribution in [0.25, 0.3) is 0 Å². The van der Waals surface area contributed by atoms with Gasteiger partial charge in [0.05, 0.1) is 6.42 Å². The standard InChI is InChI=1S/C8H12NO/c1-6-4-5-9-7(6)2-3-8(9)10/h6H,2-5H2,1H3/q+1. The van der Waals surface area contributed by atoms with Gasteiger partial charge in [-0.15, -0.1) is 0 Å². The van der Waals surface area contributed by atoms with Gasteiger partial charge in [-0.05, 0) is 0 Å². The molecule has 1 atom stereocenters. The molecule has 2 aliphatic rings. The molecule has 0 saturated heterocycles. The third-order valence-corrected chi connectivity index (χ3v) is 2.60. The fourth-order valence-electron chi connectivity index (χ4n) is 1.94. The fraction of sp³-hybridized carbons (Fsp3) is 0.750. The lowest BCUT2D eigenvalue weighted by atomic mass is 10.0. The van der Waals surface area contributed by atoms with Crippen molar-refractivity contribution >= 4 is 11.6 Å². The lowest BCUT2D eigenvalue weighted by Crippen LogP contribution is -2.14. The second-order valence-corrected chi connectivity index (χ2v) is 3.23. The number of carbonyl (C=O) groups excluding carboxylic acids is 1. The molecule has 0 aromatic rings. The van der Waals surface area contributed by atoms with Crippen LogP contribution in [0.2, 0.25) is 0 Å². The first-order valence-corrected chi connectivity index (χ1v) is 3.95. The summed E-state index contributed by atoms with van der Waals surface area (Å²) in [6.07, 6.45) is 2.97. The molecule has 2 nitrogen and oxygen atoms in total. The summed E-state index contributed by atoms with van der Waals surface area (Å²) < 4.78 is 1.98. The first kappa shape index (κ1) is 6.08. The second kappa shape index (κ2) is 1.91. The summed E-state index contributed by atoms with van der Waals surface area (Å²) in [5, 5.41) is 0. The van der Waals surface area contributed by atoms with Crippen LogP contribution < -0.4 is 0 Å². The van der Waals surface area contributed by atoms with Gasteiger partial charge in [-0.1, -0.05) is 6.92 Å². The Balaban J connectivity index is 2.34. The highest BCUT2D eigenvalue weighted by Gasteiger charge is 2.39. The van der Waals surface area contributed by atoms with E-state index in [-0.39, 0.29) is 0 Å². The van der Waals surface area contributed by atoms with Crippen molar-refractivity contribution in [1.82, 2.24) is 0 Å². The minimum absolute atomic E-state index is 0.347. The van der Waals surface area contributed by atoms with Crippen molar-refractivity contribution in [3.8, 4) is 0 Å². The van der Waals surface area contributed by atoms with Gasteiger partial charge in [0.15, 0.2) is 12.3 Å². The Hall–Kier alpha value is -0.660. The highest BCUT2D eigenvalue weighted by atomic mass is 16.2. The molecule has 2 rings (SSSR count). The topological polar surface area (TPSA) is 20.1 Å². The molecule has 2 aliphatic heterocycles. The van der Waals surface area contributed by atoms with Crippen LogP contribution in [0.5, 0.6) is 0 Å². The summed E-state index contributed by atoms with van der Waals surface area (Å²) in [5.74, 6) is 1.02. The molecule has 0 aliphatic carbocycles. The molecule has 0 spiro atoms. The third-order valence-electron chi connectivity index (χ3n) is 2.60. The van der Waals surface area contributed by atoms with Gasteiger partial charge in [0.2, 0.25) is 0 Å². The first-order chi connectivity index (χ1) is 4.79. The Labute approximate surface area is 60.5 Å². The molecule has 2 heterocycles. The SMILES string of the molecule is CC1CC[N+]2=C1CCC2=O. The van der Waals surface area contributed by atoms with Gasteiger partial charge in [-0.2, -0.15) is 4.58 Å². The maximum absolute atomic E-state index is 11.1. The van der Waals surface area contributed by atoms with Crippen molar-refractivity contribution in [2.45, 2.75) is 26.2 Å². The molecule has 1 amide bonds. The van der Waals surface area contributed by atoms with Crippen LogP contribution in [0.1, 0.15) is 26.2 Å². The molecule has 10 heavy (non-hydrogen) atoms. The molecular formula is C8H12NO+. The summed E-state index contributed by atoms with van der Waals surface area (Å²) in [7, 11) is 0. The van der Waals surface area contributed by atoms with E-state index in [4.69, 9.17) is 0 Å². The molecular weight excluding hydrogens is 126 g/mol. The van der Waals surface area contributed by atoms with E-state index in [9.17, 15) is 4.79 Å². The molecule has 54 valence electrons. The van der Waals surface area contributed by atoms with E-state index >= 15 is 0 Å². The molecule has 0 N–H and O–H groups in total. The number of amides is 1. The zero-order valence-corrected chi connectivity index (χ0v) is 6.26. The van der Waals surface area contributed by atoms with Gasteiger partial charge in [-0.25, -0.2) is 4.79 Å². The third kappa shape index (κ3) is 0.648. The van der Waals surface area contributed by atoms with E-state index < -0.39 is 0 Å². The summed E-state index contributed by atoms with van der Waals surface area (Å²) in [6, 6.07) is 0. The maximum Gasteiger partial charge on any atom is 0.387 e. The smallest absolute Gasteiger partial charge is 0.220 e. The zero-order valence-electron chi connectivity index (χ0n) is 6.26. The highest BCUT2D eigenvalue weighted by Crippen LogP contribution is 2.22. The predicted octanol–water partition coefficient (Wildman–Crippen LogP) is 0.800. The van der Waals surface area contributed by atoms with Crippen LogP contribution in [0.3, 0.4) is 0 Å². The summed E-state index contributed by atoms with van der Waals surface area (Å²) in [6.45, 7) is 3.20. The van der Waals surface area contributed by atoms with Gasteiger partial charge in [0.1, 0.15) is 0 Å². The average Bonchev–Trinajstić information content (AvgIpc) is 2.41. The summed E-state index contributed by atoms with van der Waals surface area (Å²) in [4.78, 5) is 11.1. The molecule has 0 fully saturated rings. The Morgan fingerprint density at radius 2 is 2.30 bits per heavy atom. The lowest BCUT2D eigenvalue weighted by Gasteiger charge is -1.93. The number of hydrogen-bond donors (Lipinski definition) is 0. The lowest BCUT2D eigenvalue weighted by molar-refractivity contribution is -0.435. The summed E-state index contributed by atoms with van der Waals surface area (Å²) >= 11 is 0. The van der Waals surface area contributed by atoms with Crippen molar-refractivity contribution < 1.29 is 9.37 Å². The second-order valence-electron chi connectivity index (χ2n) is 3.23. The minimum atomic E-state index is 0.347. The van der Waals surface area contributed by atoms with Crippen LogP contribution >= 0.6 is 0 Å². The molecule has 1 unspecified atom stereocenters. The number of hydrogen-bond acceptors (Lipinski definition) is 1. The van der Waals surface area contributed by atoms with Crippen molar-refractivity contribution in [2.75, 3.05) is 6.54 Å². The van der Waals surface area contributed by atoms with Crippen LogP contribution in [-0.4, -0.2) is 22.7 Å². The highest BCUT2D eigenvalue weighted by molar-refractivity contribution is 5.94. The van der Waals surface area contributed by atoms with E-state index in [0.29, 0.717) is 11.8 Å². The van der Waals surface area contributed by atoms with Crippen LogP contribution in [-0.2, 0) is 4.79 Å². The minimum Gasteiger partial charge on any atom is -0.220 e. The molecule has 2 heteroatoms. The van der Waals surface area contributed by atoms with E-state index in [1.807, 2.05) is 4.58 Å². The Bertz CT molecular complexity index is 217. The monoisotopic (exact) mass is 138 g/mol. The van der Waals surface area contributed by atoms with Gasteiger partial charge in [0, 0.05) is 18.8 Å². The van der Waals surface area contributed by atoms with E-state index in [1.165, 1.54) is 12.1 Å². The first-order valence-electron chi connectivity index (χ1n) is 3.95. The van der Waals surface area contributed by atoms with Gasteiger partial charge in [0.25, 0.3) is 0 Å². The fourth-order valence-corrected chi connectivity index (χ4v) is 1.94. The van der Waals surface area contributed by atoms with Crippen molar-refractivity contribution in [2.24, 2.45) is 5.92 Å². The largest absolute Gasteiger partial charge is 0.387 e. The average molecular weight is 138 g/mol. The van der Waals surface area contributed by atoms with Gasteiger partial charge in [-0.3, -0.25) is 0 Å². The molecule has 0 bridgehead atoms. The quantitative estimate of drug-likeness (QED) is 0.453. The van der Waals surface area contributed by atoms with Gasteiger partial charge >= 0.3 is 5.91 Å². The van der Waals surface area contributed by atoms with Crippen LogP contribution in [0, 0.1) is 5.92 Å². The molecule has 0 radical (unpaired) electrons. The summed E-state index contributed by atoms with van der Waals surface area (Å²) in [5.41, 5.74) is 1.39. The number of nitrogens with zero attached hydrogens (tertiary/aromatic N) is 1. The maximum atomic E-state index is 11.1. The predicted molar refractivity (Wildman–Crippen MR) is 38.2 cm³/mol. The normalized spacial score (nSPS) is 31.7. The van der Waals surface area contributed by atoms with Crippen molar-refractivity contribution in [3.63, 3.8) is 0 Å². The van der Waals surface area contributed by atoms with Crippen molar-refractivity contribution in [1.29, 1.82) is 0 Å². The van der Waals surface area contributed by atoms with E-state index in [1.54, 1.807) is 0 Å². The van der Waals surface area contributed by atoms with E-state index in [0.717, 1.165) is 19.4 Å². The van der Waals surface area contributed by atoms with Crippen LogP contribution in [0.15, 0.2) is 0 Å². The molecule has 0 saturated carbocycles. The molecule has 0 aromatic carbocycles. The van der Waals surface area contributed by atoms with E-state index in [2.05, 4.69) is 6.92 Å². The molecule has 0 aromatic heterocycles. The van der Waals surface area contributed by atoms with Crippen molar-refractivity contribution in [3.05, 3.63) is 0 Å². The zero-order chi connectivity index (χ0) is 7.14. The Morgan fingerprint density at radius 3 is 3.00 bits per heavy atom. The number of carbonyl (C=O) groups is 1. The Morgan fingerprint density at radius 1 is 1.50 bits per heavy atom. The van der Waals surface area contributed by atoms with Gasteiger partial charge < -0.3 is 0 Å².